The Kier molecular flexibility index (Phi) is 4.46. The highest BCUT2D eigenvalue weighted by Crippen LogP contribution is 2.04. The standard InChI is InChI=1S/C11H14N4.ClH/c1-9-4-10(2-3-13-9)7-15-8-11(5-12)6-14-15;/h2-4,6,8H,5,7,12H2,1H3;1H. The summed E-state index contributed by atoms with van der Waals surface area (Å²) in [5.74, 6) is 0. The molecule has 0 atom stereocenters. The van der Waals surface area contributed by atoms with Crippen molar-refractivity contribution in [1.82, 2.24) is 14.8 Å². The van der Waals surface area contributed by atoms with Gasteiger partial charge in [-0.25, -0.2) is 0 Å². The molecule has 86 valence electrons. The molecule has 2 rings (SSSR count). The minimum absolute atomic E-state index is 0. The Labute approximate surface area is 101 Å². The van der Waals surface area contributed by atoms with Gasteiger partial charge in [-0.3, -0.25) is 9.67 Å². The molecule has 0 aliphatic carbocycles. The maximum Gasteiger partial charge on any atom is 0.0660 e. The van der Waals surface area contributed by atoms with E-state index < -0.39 is 0 Å². The van der Waals surface area contributed by atoms with E-state index in [4.69, 9.17) is 5.73 Å². The summed E-state index contributed by atoms with van der Waals surface area (Å²) >= 11 is 0. The highest BCUT2D eigenvalue weighted by atomic mass is 35.5. The van der Waals surface area contributed by atoms with Gasteiger partial charge >= 0.3 is 0 Å². The first-order valence-electron chi connectivity index (χ1n) is 4.91. The number of hydrogen-bond acceptors (Lipinski definition) is 3. The molecular weight excluding hydrogens is 224 g/mol. The average Bonchev–Trinajstić information content (AvgIpc) is 2.65. The third-order valence-corrected chi connectivity index (χ3v) is 2.23. The quantitative estimate of drug-likeness (QED) is 0.882. The smallest absolute Gasteiger partial charge is 0.0660 e. The molecule has 0 unspecified atom stereocenters. The molecule has 0 aliphatic rings. The maximum atomic E-state index is 5.52. The summed E-state index contributed by atoms with van der Waals surface area (Å²) in [5.41, 5.74) is 8.80. The van der Waals surface area contributed by atoms with Crippen LogP contribution < -0.4 is 5.73 Å². The van der Waals surface area contributed by atoms with Crippen LogP contribution in [-0.4, -0.2) is 14.8 Å². The van der Waals surface area contributed by atoms with Crippen LogP contribution in [0.4, 0.5) is 0 Å². The van der Waals surface area contributed by atoms with E-state index in [1.807, 2.05) is 30.1 Å². The van der Waals surface area contributed by atoms with Crippen molar-refractivity contribution in [1.29, 1.82) is 0 Å². The van der Waals surface area contributed by atoms with Crippen LogP contribution in [0.1, 0.15) is 16.8 Å². The minimum atomic E-state index is 0. The number of halogens is 1. The van der Waals surface area contributed by atoms with Gasteiger partial charge in [0, 0.05) is 30.2 Å². The lowest BCUT2D eigenvalue weighted by atomic mass is 10.2. The lowest BCUT2D eigenvalue weighted by Gasteiger charge is -2.02. The molecule has 0 bridgehead atoms. The van der Waals surface area contributed by atoms with Crippen LogP contribution in [0, 0.1) is 6.92 Å². The molecular formula is C11H15ClN4. The number of nitrogens with two attached hydrogens (primary N) is 1. The Morgan fingerprint density at radius 3 is 2.81 bits per heavy atom. The van der Waals surface area contributed by atoms with Crippen LogP contribution in [0.5, 0.6) is 0 Å². The number of rotatable bonds is 3. The second kappa shape index (κ2) is 5.63. The van der Waals surface area contributed by atoms with Gasteiger partial charge in [-0.2, -0.15) is 5.10 Å². The predicted octanol–water partition coefficient (Wildman–Crippen LogP) is 1.52. The molecule has 0 amide bonds. The molecule has 16 heavy (non-hydrogen) atoms. The molecule has 2 aromatic rings. The summed E-state index contributed by atoms with van der Waals surface area (Å²) in [6.07, 6.45) is 5.59. The largest absolute Gasteiger partial charge is 0.326 e. The Balaban J connectivity index is 0.00000128. The van der Waals surface area contributed by atoms with E-state index in [1.165, 1.54) is 5.56 Å². The fourth-order valence-corrected chi connectivity index (χ4v) is 1.49. The second-order valence-corrected chi connectivity index (χ2v) is 3.56. The van der Waals surface area contributed by atoms with Gasteiger partial charge in [-0.05, 0) is 24.6 Å². The molecule has 0 saturated heterocycles. The van der Waals surface area contributed by atoms with E-state index in [-0.39, 0.29) is 12.4 Å². The average molecular weight is 239 g/mol. The SMILES string of the molecule is Cc1cc(Cn2cc(CN)cn2)ccn1.Cl. The number of pyridine rings is 1. The van der Waals surface area contributed by atoms with Gasteiger partial charge < -0.3 is 5.73 Å². The van der Waals surface area contributed by atoms with Crippen LogP contribution in [0.3, 0.4) is 0 Å². The van der Waals surface area contributed by atoms with Crippen molar-refractivity contribution in [3.63, 3.8) is 0 Å². The van der Waals surface area contributed by atoms with E-state index in [9.17, 15) is 0 Å². The highest BCUT2D eigenvalue weighted by molar-refractivity contribution is 5.85. The number of nitrogens with zero attached hydrogens (tertiary/aromatic N) is 3. The molecule has 0 fully saturated rings. The van der Waals surface area contributed by atoms with Crippen molar-refractivity contribution in [2.24, 2.45) is 5.73 Å². The fourth-order valence-electron chi connectivity index (χ4n) is 1.49. The van der Waals surface area contributed by atoms with Crippen molar-refractivity contribution < 1.29 is 0 Å². The molecule has 0 saturated carbocycles. The van der Waals surface area contributed by atoms with E-state index >= 15 is 0 Å². The molecule has 2 N–H and O–H groups in total. The zero-order chi connectivity index (χ0) is 10.7. The summed E-state index contributed by atoms with van der Waals surface area (Å²) in [4.78, 5) is 4.15. The number of aromatic nitrogens is 3. The van der Waals surface area contributed by atoms with Crippen molar-refractivity contribution in [2.45, 2.75) is 20.0 Å². The lowest BCUT2D eigenvalue weighted by molar-refractivity contribution is 0.684. The molecule has 0 aromatic carbocycles. The highest BCUT2D eigenvalue weighted by Gasteiger charge is 1.98. The van der Waals surface area contributed by atoms with Crippen LogP contribution in [0.25, 0.3) is 0 Å². The van der Waals surface area contributed by atoms with Crippen LogP contribution >= 0.6 is 12.4 Å². The van der Waals surface area contributed by atoms with E-state index in [2.05, 4.69) is 16.1 Å². The Morgan fingerprint density at radius 2 is 2.19 bits per heavy atom. The first-order valence-corrected chi connectivity index (χ1v) is 4.91. The van der Waals surface area contributed by atoms with Gasteiger partial charge in [0.25, 0.3) is 0 Å². The Hall–Kier alpha value is -1.39. The normalized spacial score (nSPS) is 9.88. The van der Waals surface area contributed by atoms with Gasteiger partial charge in [-0.1, -0.05) is 0 Å². The molecule has 5 heteroatoms. The molecule has 4 nitrogen and oxygen atoms in total. The maximum absolute atomic E-state index is 5.52. The third kappa shape index (κ3) is 3.05. The fraction of sp³-hybridized carbons (Fsp3) is 0.273. The lowest BCUT2D eigenvalue weighted by Crippen LogP contribution is -2.01. The van der Waals surface area contributed by atoms with Crippen LogP contribution in [0.15, 0.2) is 30.7 Å². The zero-order valence-electron chi connectivity index (χ0n) is 9.13. The van der Waals surface area contributed by atoms with Crippen molar-refractivity contribution >= 4 is 12.4 Å². The van der Waals surface area contributed by atoms with Crippen molar-refractivity contribution in [2.75, 3.05) is 0 Å². The summed E-state index contributed by atoms with van der Waals surface area (Å²) in [5, 5.41) is 4.23. The van der Waals surface area contributed by atoms with Crippen LogP contribution in [-0.2, 0) is 13.1 Å². The third-order valence-electron chi connectivity index (χ3n) is 2.23. The van der Waals surface area contributed by atoms with Gasteiger partial charge in [0.15, 0.2) is 0 Å². The molecule has 2 aromatic heterocycles. The zero-order valence-corrected chi connectivity index (χ0v) is 9.94. The van der Waals surface area contributed by atoms with Gasteiger partial charge in [0.05, 0.1) is 12.7 Å². The van der Waals surface area contributed by atoms with Crippen LogP contribution in [0.2, 0.25) is 0 Å². The molecule has 0 radical (unpaired) electrons. The second-order valence-electron chi connectivity index (χ2n) is 3.56. The predicted molar refractivity (Wildman–Crippen MR) is 65.4 cm³/mol. The van der Waals surface area contributed by atoms with Crippen molar-refractivity contribution in [3.05, 3.63) is 47.5 Å². The molecule has 0 aliphatic heterocycles. The van der Waals surface area contributed by atoms with Gasteiger partial charge in [0.2, 0.25) is 0 Å². The Bertz CT molecular complexity index is 453. The minimum Gasteiger partial charge on any atom is -0.326 e. The number of aryl methyl sites for hydroxylation is 1. The van der Waals surface area contributed by atoms with E-state index in [0.29, 0.717) is 6.54 Å². The van der Waals surface area contributed by atoms with Crippen molar-refractivity contribution in [3.8, 4) is 0 Å². The molecule has 2 heterocycles. The molecule has 0 spiro atoms. The van der Waals surface area contributed by atoms with E-state index in [0.717, 1.165) is 17.8 Å². The Morgan fingerprint density at radius 1 is 1.38 bits per heavy atom. The first kappa shape index (κ1) is 12.7. The summed E-state index contributed by atoms with van der Waals surface area (Å²) in [7, 11) is 0. The monoisotopic (exact) mass is 238 g/mol. The van der Waals surface area contributed by atoms with Gasteiger partial charge in [-0.15, -0.1) is 12.4 Å². The summed E-state index contributed by atoms with van der Waals surface area (Å²) in [6.45, 7) is 3.29. The summed E-state index contributed by atoms with van der Waals surface area (Å²) in [6, 6.07) is 4.06. The van der Waals surface area contributed by atoms with E-state index in [1.54, 1.807) is 6.20 Å². The number of hydrogen-bond donors (Lipinski definition) is 1. The topological polar surface area (TPSA) is 56.7 Å². The van der Waals surface area contributed by atoms with Gasteiger partial charge in [0.1, 0.15) is 0 Å². The summed E-state index contributed by atoms with van der Waals surface area (Å²) < 4.78 is 1.89. The first-order chi connectivity index (χ1) is 7.28.